The molecule has 0 spiro atoms. The highest BCUT2D eigenvalue weighted by atomic mass is 14.9. The number of nitrogens with one attached hydrogen (secondary N) is 1. The molecule has 1 N–H and O–H groups in total. The Morgan fingerprint density at radius 2 is 1.72 bits per heavy atom. The zero-order valence-corrected chi connectivity index (χ0v) is 18.9. The maximum Gasteiger partial charge on any atom is 0.0864 e. The monoisotopic (exact) mass is 390 g/mol. The maximum atomic E-state index is 3.96. The van der Waals surface area contributed by atoms with Crippen molar-refractivity contribution in [2.75, 3.05) is 12.4 Å². The smallest absolute Gasteiger partial charge is 0.0864 e. The van der Waals surface area contributed by atoms with Crippen LogP contribution in [0.3, 0.4) is 0 Å². The lowest BCUT2D eigenvalue weighted by molar-refractivity contribution is 0.405. The van der Waals surface area contributed by atoms with Gasteiger partial charge in [-0.1, -0.05) is 88.0 Å². The van der Waals surface area contributed by atoms with Crippen LogP contribution < -0.4 is 5.32 Å². The fraction of sp³-hybridized carbons (Fsp3) is 0.370. The number of para-hydroxylation sites is 1. The Balaban J connectivity index is 0.000000268. The largest absolute Gasteiger partial charge is 0.346 e. The van der Waals surface area contributed by atoms with Gasteiger partial charge in [-0.15, -0.1) is 6.58 Å². The van der Waals surface area contributed by atoms with E-state index in [9.17, 15) is 0 Å². The van der Waals surface area contributed by atoms with Gasteiger partial charge in [0.1, 0.15) is 0 Å². The third-order valence-corrected chi connectivity index (χ3v) is 5.38. The maximum absolute atomic E-state index is 3.96. The predicted molar refractivity (Wildman–Crippen MR) is 132 cm³/mol. The minimum absolute atomic E-state index is 0.553. The van der Waals surface area contributed by atoms with Crippen LogP contribution in [-0.2, 0) is 6.42 Å². The highest BCUT2D eigenvalue weighted by Crippen LogP contribution is 2.52. The van der Waals surface area contributed by atoms with Gasteiger partial charge in [-0.3, -0.25) is 4.99 Å². The summed E-state index contributed by atoms with van der Waals surface area (Å²) in [4.78, 5) is 3.88. The van der Waals surface area contributed by atoms with E-state index in [0.29, 0.717) is 11.3 Å². The summed E-state index contributed by atoms with van der Waals surface area (Å²) < 4.78 is 0. The molecule has 0 heterocycles. The van der Waals surface area contributed by atoms with Crippen molar-refractivity contribution in [2.24, 2.45) is 16.3 Å². The van der Waals surface area contributed by atoms with Gasteiger partial charge in [0, 0.05) is 12.7 Å². The van der Waals surface area contributed by atoms with Crippen molar-refractivity contribution in [3.05, 3.63) is 84.5 Å². The first-order valence-electron chi connectivity index (χ1n) is 10.6. The summed E-state index contributed by atoms with van der Waals surface area (Å²) in [6.07, 6.45) is 9.54. The molecule has 156 valence electrons. The number of hydrogen-bond donors (Lipinski definition) is 1. The summed E-state index contributed by atoms with van der Waals surface area (Å²) >= 11 is 0. The fourth-order valence-corrected chi connectivity index (χ4v) is 3.24. The van der Waals surface area contributed by atoms with Crippen LogP contribution in [-0.4, -0.2) is 13.4 Å². The van der Waals surface area contributed by atoms with E-state index in [2.05, 4.69) is 79.8 Å². The van der Waals surface area contributed by atoms with Crippen molar-refractivity contribution in [3.8, 4) is 0 Å². The topological polar surface area (TPSA) is 24.4 Å². The summed E-state index contributed by atoms with van der Waals surface area (Å²) in [6.45, 7) is 16.2. The first-order chi connectivity index (χ1) is 14.0. The van der Waals surface area contributed by atoms with Crippen molar-refractivity contribution in [1.82, 2.24) is 0 Å². The molecule has 2 nitrogen and oxygen atoms in total. The molecule has 0 amide bonds. The lowest BCUT2D eigenvalue weighted by atomic mass is 9.85. The van der Waals surface area contributed by atoms with Crippen molar-refractivity contribution in [2.45, 2.75) is 47.0 Å². The van der Waals surface area contributed by atoms with Crippen molar-refractivity contribution < 1.29 is 0 Å². The summed E-state index contributed by atoms with van der Waals surface area (Å²) in [7, 11) is 1.73. The highest BCUT2D eigenvalue weighted by molar-refractivity contribution is 5.82. The Bertz CT molecular complexity index is 770. The van der Waals surface area contributed by atoms with E-state index in [1.165, 1.54) is 24.0 Å². The van der Waals surface area contributed by atoms with Gasteiger partial charge in [0.2, 0.25) is 0 Å². The summed E-state index contributed by atoms with van der Waals surface area (Å²) in [5.74, 6) is 0.657. The number of allylic oxidation sites excluding steroid dienone is 1. The van der Waals surface area contributed by atoms with Gasteiger partial charge < -0.3 is 5.32 Å². The number of aryl methyl sites for hydroxylation is 1. The molecule has 1 aliphatic carbocycles. The second kappa shape index (κ2) is 12.8. The third kappa shape index (κ3) is 7.73. The summed E-state index contributed by atoms with van der Waals surface area (Å²) in [5.41, 5.74) is 5.35. The first kappa shape index (κ1) is 24.4. The summed E-state index contributed by atoms with van der Waals surface area (Å²) in [5, 5.41) is 3.12. The van der Waals surface area contributed by atoms with Gasteiger partial charge in [-0.2, -0.15) is 0 Å². The average molecular weight is 391 g/mol. The second-order valence-electron chi connectivity index (χ2n) is 7.46. The number of rotatable bonds is 7. The average Bonchev–Trinajstić information content (AvgIpc) is 3.52. The second-order valence-corrected chi connectivity index (χ2v) is 7.46. The molecule has 1 atom stereocenters. The van der Waals surface area contributed by atoms with Crippen LogP contribution in [0, 0.1) is 18.3 Å². The van der Waals surface area contributed by atoms with E-state index >= 15 is 0 Å². The Kier molecular flexibility index (Phi) is 10.8. The van der Waals surface area contributed by atoms with E-state index in [1.54, 1.807) is 13.4 Å². The minimum atomic E-state index is 0.553. The Labute approximate surface area is 178 Å². The van der Waals surface area contributed by atoms with E-state index in [4.69, 9.17) is 0 Å². The molecule has 1 saturated carbocycles. The number of aliphatic imine (C=N–C) groups is 1. The Hall–Kier alpha value is -2.61. The molecular formula is C27H38N2. The van der Waals surface area contributed by atoms with Gasteiger partial charge in [-0.05, 0) is 54.2 Å². The van der Waals surface area contributed by atoms with Crippen molar-refractivity contribution in [3.63, 3.8) is 0 Å². The van der Waals surface area contributed by atoms with Gasteiger partial charge in [0.25, 0.3) is 0 Å². The molecule has 3 rings (SSSR count). The number of benzene rings is 2. The fourth-order valence-electron chi connectivity index (χ4n) is 3.24. The molecule has 1 unspecified atom stereocenters. The molecule has 0 bridgehead atoms. The van der Waals surface area contributed by atoms with Crippen LogP contribution in [0.25, 0.3) is 6.08 Å². The van der Waals surface area contributed by atoms with Crippen molar-refractivity contribution in [1.29, 1.82) is 0 Å². The quantitative estimate of drug-likeness (QED) is 0.294. The summed E-state index contributed by atoms with van der Waals surface area (Å²) in [6, 6.07) is 16.8. The lowest BCUT2D eigenvalue weighted by Gasteiger charge is -2.19. The molecule has 1 fully saturated rings. The molecule has 0 radical (unpaired) electrons. The normalized spacial score (nSPS) is 14.5. The first-order valence-corrected chi connectivity index (χ1v) is 10.6. The van der Waals surface area contributed by atoms with Crippen LogP contribution in [0.2, 0.25) is 0 Å². The SMILES string of the molecule is C=CC(Cc1ccccc1)C1(C)CC1.C=Cc1cccc(C)c1NC=NC.CC. The minimum Gasteiger partial charge on any atom is -0.346 e. The standard InChI is InChI=1S/C14H18.C11H14N2.C2H6/c1-3-13(14(2)9-10-14)11-12-7-5-4-6-8-12;1-4-10-7-5-6-9(2)11(10)13-8-12-3;1-2/h3-8,13H,1,9-11H2,2H3;4-8H,1H2,2-3H3,(H,12,13);1-2H3. The van der Waals surface area contributed by atoms with Crippen LogP contribution in [0.5, 0.6) is 0 Å². The highest BCUT2D eigenvalue weighted by Gasteiger charge is 2.42. The van der Waals surface area contributed by atoms with Gasteiger partial charge in [-0.25, -0.2) is 0 Å². The molecule has 2 aromatic rings. The van der Waals surface area contributed by atoms with E-state index in [0.717, 1.165) is 17.7 Å². The molecular weight excluding hydrogens is 352 g/mol. The molecule has 0 aliphatic heterocycles. The van der Waals surface area contributed by atoms with E-state index < -0.39 is 0 Å². The van der Waals surface area contributed by atoms with Crippen LogP contribution in [0.1, 0.15) is 50.3 Å². The van der Waals surface area contributed by atoms with Gasteiger partial charge in [0.15, 0.2) is 0 Å². The van der Waals surface area contributed by atoms with Gasteiger partial charge in [0.05, 0.1) is 6.34 Å². The number of nitrogens with zero attached hydrogens (tertiary/aromatic N) is 1. The number of hydrogen-bond acceptors (Lipinski definition) is 1. The Morgan fingerprint density at radius 3 is 2.24 bits per heavy atom. The molecule has 29 heavy (non-hydrogen) atoms. The van der Waals surface area contributed by atoms with E-state index in [1.807, 2.05) is 32.1 Å². The van der Waals surface area contributed by atoms with Gasteiger partial charge >= 0.3 is 0 Å². The molecule has 2 aromatic carbocycles. The predicted octanol–water partition coefficient (Wildman–Crippen LogP) is 7.57. The number of anilines is 1. The molecule has 1 aliphatic rings. The zero-order chi connectivity index (χ0) is 21.7. The van der Waals surface area contributed by atoms with Crippen LogP contribution >= 0.6 is 0 Å². The lowest BCUT2D eigenvalue weighted by Crippen LogP contribution is -2.12. The Morgan fingerprint density at radius 1 is 1.07 bits per heavy atom. The zero-order valence-electron chi connectivity index (χ0n) is 18.9. The molecule has 0 saturated heterocycles. The van der Waals surface area contributed by atoms with E-state index in [-0.39, 0.29) is 0 Å². The van der Waals surface area contributed by atoms with Crippen molar-refractivity contribution >= 4 is 18.1 Å². The molecule has 2 heteroatoms. The van der Waals surface area contributed by atoms with Crippen LogP contribution in [0.15, 0.2) is 72.8 Å². The molecule has 0 aromatic heterocycles. The third-order valence-electron chi connectivity index (χ3n) is 5.38. The van der Waals surface area contributed by atoms with Crippen LogP contribution in [0.4, 0.5) is 5.69 Å².